The monoisotopic (exact) mass is 122 g/mol. The second kappa shape index (κ2) is 2.71. The molecule has 0 radical (unpaired) electrons. The van der Waals surface area contributed by atoms with Crippen LogP contribution < -0.4 is 9.59 Å². The van der Waals surface area contributed by atoms with E-state index in [0.29, 0.717) is 0 Å². The van der Waals surface area contributed by atoms with E-state index in [1.165, 1.54) is 0 Å². The molecule has 0 rings (SSSR count). The van der Waals surface area contributed by atoms with Gasteiger partial charge in [0, 0.05) is 0 Å². The van der Waals surface area contributed by atoms with E-state index in [1.54, 1.807) is 0 Å². The van der Waals surface area contributed by atoms with Gasteiger partial charge >= 0.3 is 17.4 Å². The average Bonchev–Trinajstić information content (AvgIpc) is 0.722. The van der Waals surface area contributed by atoms with Crippen LogP contribution in [0, 0.1) is 0 Å². The molecule has 0 saturated heterocycles. The number of hydrogen-bond acceptors (Lipinski definition) is 4. The minimum atomic E-state index is -5.11. The van der Waals surface area contributed by atoms with Crippen LogP contribution in [-0.2, 0) is 0 Å². The van der Waals surface area contributed by atoms with Crippen LogP contribution >= 0.6 is 0 Å². The van der Waals surface area contributed by atoms with Gasteiger partial charge in [0.2, 0.25) is 0 Å². The van der Waals surface area contributed by atoms with Crippen LogP contribution in [0.4, 0.5) is 0 Å². The van der Waals surface area contributed by atoms with Gasteiger partial charge in [0.15, 0.2) is 0 Å². The molecule has 0 fully saturated rings. The van der Waals surface area contributed by atoms with E-state index < -0.39 is 9.05 Å². The summed E-state index contributed by atoms with van der Waals surface area (Å²) in [6, 6.07) is 0. The molecule has 0 bridgehead atoms. The Morgan fingerprint density at radius 3 is 1.33 bits per heavy atom. The summed E-state index contributed by atoms with van der Waals surface area (Å²) in [6.07, 6.45) is 0. The minimum Gasteiger partial charge on any atom is -1.00 e. The zero-order valence-electron chi connectivity index (χ0n) is 3.79. The van der Waals surface area contributed by atoms with E-state index in [1.807, 2.05) is 0 Å². The summed E-state index contributed by atoms with van der Waals surface area (Å²) in [7, 11) is -5.11. The molecule has 0 aliphatic rings. The third kappa shape index (κ3) is 170. The maximum absolute atomic E-state index is 8.80. The van der Waals surface area contributed by atoms with Gasteiger partial charge in [0.1, 0.15) is 9.05 Å². The third-order valence-electron chi connectivity index (χ3n) is 0. The quantitative estimate of drug-likeness (QED) is 0.319. The van der Waals surface area contributed by atoms with Crippen molar-refractivity contribution < 1.29 is 20.6 Å². The smallest absolute Gasteiger partial charge is 1.00 e. The Kier molecular flexibility index (Phi) is 4.42. The van der Waals surface area contributed by atoms with Gasteiger partial charge in [-0.3, -0.25) is 0 Å². The second-order valence-electron chi connectivity index (χ2n) is 0.548. The predicted molar refractivity (Wildman–Crippen MR) is 17.1 cm³/mol. The van der Waals surface area contributed by atoms with Crippen molar-refractivity contribution in [2.75, 3.05) is 0 Å². The normalized spacial score (nSPS) is 10.0. The Hall–Kier alpha value is 0.589. The van der Waals surface area contributed by atoms with E-state index in [0.717, 1.165) is 0 Å². The fraction of sp³-hybridized carbons (Fsp3) is 0. The molecule has 0 amide bonds. The molecule has 2 N–H and O–H groups in total. The Labute approximate surface area is 47.8 Å². The van der Waals surface area contributed by atoms with Crippen molar-refractivity contribution in [3.8, 4) is 0 Å². The van der Waals surface area contributed by atoms with Crippen LogP contribution in [0.2, 0.25) is 0 Å². The van der Waals surface area contributed by atoms with Gasteiger partial charge in [-0.05, 0) is 0 Å². The molecule has 34 valence electrons. The van der Waals surface area contributed by atoms with Crippen molar-refractivity contribution in [1.29, 1.82) is 0 Å². The topological polar surface area (TPSA) is 86.6 Å². The van der Waals surface area contributed by atoms with Gasteiger partial charge in [0.05, 0.1) is 0 Å². The van der Waals surface area contributed by atoms with Crippen LogP contribution in [0.5, 0.6) is 0 Å². The maximum atomic E-state index is 8.80. The summed E-state index contributed by atoms with van der Waals surface area (Å²) in [6.45, 7) is 0. The fourth-order valence-corrected chi connectivity index (χ4v) is 0. The van der Waals surface area contributed by atoms with Crippen LogP contribution in [0.25, 0.3) is 0 Å². The second-order valence-corrected chi connectivity index (χ2v) is 1.65. The van der Waals surface area contributed by atoms with E-state index >= 15 is 0 Å². The molecule has 0 heterocycles. The summed E-state index contributed by atoms with van der Waals surface area (Å²) in [4.78, 5) is 31.8. The summed E-state index contributed by atoms with van der Waals surface area (Å²) in [5, 5.41) is 0. The molecule has 0 aromatic rings. The third-order valence-corrected chi connectivity index (χ3v) is 0. The fourth-order valence-electron chi connectivity index (χ4n) is 0. The first-order valence-electron chi connectivity index (χ1n) is 0.855. The van der Waals surface area contributed by atoms with E-state index in [4.69, 9.17) is 19.2 Å². The van der Waals surface area contributed by atoms with Gasteiger partial charge < -0.3 is 20.6 Å². The number of hydrogen-bond donors (Lipinski definition) is 2. The van der Waals surface area contributed by atoms with Gasteiger partial charge in [-0.1, -0.05) is 0 Å². The predicted octanol–water partition coefficient (Wildman–Crippen LogP) is -4.14. The molecule has 6 heavy (non-hydrogen) atoms. The average molecular weight is 122 g/mol. The minimum absolute atomic E-state index is 0. The van der Waals surface area contributed by atoms with Crippen molar-refractivity contribution >= 4 is 26.4 Å². The molecule has 0 aliphatic heterocycles. The van der Waals surface area contributed by atoms with Crippen molar-refractivity contribution in [3.05, 3.63) is 0 Å². The summed E-state index contributed by atoms with van der Waals surface area (Å²) < 4.78 is 0. The Morgan fingerprint density at radius 1 is 1.33 bits per heavy atom. The molecule has 0 atom stereocenters. The molecule has 0 spiro atoms. The van der Waals surface area contributed by atoms with Gasteiger partial charge in [0.25, 0.3) is 0 Å². The first-order valence-corrected chi connectivity index (χ1v) is 2.57. The first-order chi connectivity index (χ1) is 2.00. The SMILES string of the molecule is [Al+3].[H-].[O-][Si]([O-])(O)O. The molecule has 0 aromatic carbocycles. The number of rotatable bonds is 0. The molecule has 0 unspecified atom stereocenters. The largest absolute Gasteiger partial charge is 3.00 e. The standard InChI is InChI=1S/Al.H2O4Si.H/c;1-5(2,3)4;/h;1-2H;/q+3;-2;-1. The van der Waals surface area contributed by atoms with Crippen molar-refractivity contribution in [1.82, 2.24) is 0 Å². The maximum Gasteiger partial charge on any atom is 3.00 e. The first kappa shape index (κ1) is 9.77. The van der Waals surface area contributed by atoms with E-state index in [-0.39, 0.29) is 18.8 Å². The molecule has 0 saturated carbocycles. The summed E-state index contributed by atoms with van der Waals surface area (Å²) >= 11 is 0. The summed E-state index contributed by atoms with van der Waals surface area (Å²) in [5.74, 6) is 0. The molecule has 0 aromatic heterocycles. The Bertz CT molecular complexity index is 27.2. The zero-order valence-corrected chi connectivity index (χ0v) is 4.94. The zero-order chi connectivity index (χ0) is 4.50. The summed E-state index contributed by atoms with van der Waals surface area (Å²) in [5.41, 5.74) is 0. The van der Waals surface area contributed by atoms with Crippen molar-refractivity contribution in [2.24, 2.45) is 0 Å². The molecule has 6 heteroatoms. The van der Waals surface area contributed by atoms with E-state index in [2.05, 4.69) is 0 Å². The Morgan fingerprint density at radius 2 is 1.33 bits per heavy atom. The molecular weight excluding hydrogens is 119 g/mol. The Balaban J connectivity index is -0.0000000800. The molecule has 0 aliphatic carbocycles. The van der Waals surface area contributed by atoms with Crippen LogP contribution in [-0.4, -0.2) is 36.0 Å². The van der Waals surface area contributed by atoms with Crippen molar-refractivity contribution in [3.63, 3.8) is 0 Å². The van der Waals surface area contributed by atoms with Crippen LogP contribution in [0.3, 0.4) is 0 Å². The molecular formula is H3AlO4Si. The van der Waals surface area contributed by atoms with Crippen LogP contribution in [0.15, 0.2) is 0 Å². The van der Waals surface area contributed by atoms with Gasteiger partial charge in [-0.25, -0.2) is 0 Å². The van der Waals surface area contributed by atoms with Gasteiger partial charge in [-0.15, -0.1) is 0 Å². The van der Waals surface area contributed by atoms with Crippen LogP contribution in [0.1, 0.15) is 1.43 Å². The van der Waals surface area contributed by atoms with Crippen molar-refractivity contribution in [2.45, 2.75) is 0 Å². The van der Waals surface area contributed by atoms with E-state index in [9.17, 15) is 0 Å². The molecule has 4 nitrogen and oxygen atoms in total. The van der Waals surface area contributed by atoms with Gasteiger partial charge in [-0.2, -0.15) is 0 Å².